The number of anilines is 1. The van der Waals surface area contributed by atoms with Gasteiger partial charge in [0.1, 0.15) is 5.75 Å². The molecule has 1 aromatic carbocycles. The van der Waals surface area contributed by atoms with Crippen molar-refractivity contribution in [2.45, 2.75) is 0 Å². The molecule has 0 unspecified atom stereocenters. The summed E-state index contributed by atoms with van der Waals surface area (Å²) in [6, 6.07) is 3.16. The van der Waals surface area contributed by atoms with Gasteiger partial charge in [-0.05, 0) is 12.1 Å². The van der Waals surface area contributed by atoms with Gasteiger partial charge in [0.2, 0.25) is 0 Å². The van der Waals surface area contributed by atoms with Crippen LogP contribution >= 0.6 is 11.6 Å². The number of hydrogen-bond acceptors (Lipinski definition) is 4. The molecule has 1 aliphatic heterocycles. The second-order valence-electron chi connectivity index (χ2n) is 3.55. The molecule has 1 heterocycles. The minimum Gasteiger partial charge on any atom is -0.495 e. The second-order valence-corrected chi connectivity index (χ2v) is 3.96. The summed E-state index contributed by atoms with van der Waals surface area (Å²) < 4.78 is 5.14. The fourth-order valence-corrected chi connectivity index (χ4v) is 2.11. The Hall–Kier alpha value is -1.59. The highest BCUT2D eigenvalue weighted by molar-refractivity contribution is 6.55. The summed E-state index contributed by atoms with van der Waals surface area (Å²) in [7, 11) is 1.47. The van der Waals surface area contributed by atoms with Crippen molar-refractivity contribution in [1.82, 2.24) is 0 Å². The highest BCUT2D eigenvalue weighted by Crippen LogP contribution is 2.41. The van der Waals surface area contributed by atoms with Crippen LogP contribution in [0.1, 0.15) is 10.4 Å². The number of fused-ring (bicyclic) bond motifs is 1. The number of ketones is 1. The third kappa shape index (κ3) is 1.67. The van der Waals surface area contributed by atoms with E-state index in [0.717, 1.165) is 0 Å². The van der Waals surface area contributed by atoms with E-state index in [1.165, 1.54) is 18.1 Å². The Morgan fingerprint density at radius 2 is 2.12 bits per heavy atom. The summed E-state index contributed by atoms with van der Waals surface area (Å²) in [5.74, 6) is -0.786. The number of carbonyl (C=O) groups is 2. The molecule has 0 fully saturated rings. The average Bonchev–Trinajstić information content (AvgIpc) is 2.57. The molecule has 0 aromatic heterocycles. The van der Waals surface area contributed by atoms with E-state index in [4.69, 9.17) is 22.1 Å². The van der Waals surface area contributed by atoms with Crippen LogP contribution in [0.25, 0.3) is 0 Å². The summed E-state index contributed by atoms with van der Waals surface area (Å²) in [4.78, 5) is 24.9. The first-order valence-corrected chi connectivity index (χ1v) is 5.42. The molecule has 1 amide bonds. The minimum absolute atomic E-state index is 0.199. The molecule has 1 aromatic rings. The van der Waals surface area contributed by atoms with E-state index in [9.17, 15) is 9.59 Å². The average molecular weight is 255 g/mol. The van der Waals surface area contributed by atoms with Crippen LogP contribution in [-0.4, -0.2) is 31.9 Å². The monoisotopic (exact) mass is 254 g/mol. The molecule has 6 heteroatoms. The standard InChI is InChI=1S/C11H11ClN2O3/c1-17-7-3-2-6(12)8-9(7)14(5-4-13)11(16)10(8)15/h2-3H,4-5,13H2,1H3. The van der Waals surface area contributed by atoms with Crippen LogP contribution in [0.2, 0.25) is 5.02 Å². The number of carbonyl (C=O) groups excluding carboxylic acids is 2. The largest absolute Gasteiger partial charge is 0.495 e. The van der Waals surface area contributed by atoms with Gasteiger partial charge in [0, 0.05) is 13.1 Å². The van der Waals surface area contributed by atoms with Crippen molar-refractivity contribution in [3.05, 3.63) is 22.7 Å². The molecule has 1 aliphatic rings. The van der Waals surface area contributed by atoms with E-state index in [-0.39, 0.29) is 23.7 Å². The predicted octanol–water partition coefficient (Wildman–Crippen LogP) is 0.837. The van der Waals surface area contributed by atoms with Crippen LogP contribution < -0.4 is 15.4 Å². The number of nitrogens with two attached hydrogens (primary N) is 1. The zero-order valence-corrected chi connectivity index (χ0v) is 9.95. The lowest BCUT2D eigenvalue weighted by atomic mass is 10.1. The topological polar surface area (TPSA) is 72.6 Å². The molecular formula is C11H11ClN2O3. The number of halogens is 1. The molecule has 90 valence electrons. The third-order valence-electron chi connectivity index (χ3n) is 2.60. The van der Waals surface area contributed by atoms with Crippen molar-refractivity contribution in [1.29, 1.82) is 0 Å². The van der Waals surface area contributed by atoms with Crippen LogP contribution in [0.3, 0.4) is 0 Å². The summed E-state index contributed by atoms with van der Waals surface area (Å²) in [6.07, 6.45) is 0. The molecule has 0 saturated heterocycles. The quantitative estimate of drug-likeness (QED) is 0.811. The Labute approximate surface area is 103 Å². The first kappa shape index (κ1) is 11.9. The Bertz CT molecular complexity index is 502. The summed E-state index contributed by atoms with van der Waals surface area (Å²) in [5, 5.41) is 0.249. The number of nitrogens with zero attached hydrogens (tertiary/aromatic N) is 1. The van der Waals surface area contributed by atoms with Crippen molar-refractivity contribution in [2.75, 3.05) is 25.1 Å². The molecule has 0 spiro atoms. The number of methoxy groups -OCH3 is 1. The van der Waals surface area contributed by atoms with E-state index in [1.807, 2.05) is 0 Å². The normalized spacial score (nSPS) is 14.2. The lowest BCUT2D eigenvalue weighted by molar-refractivity contribution is -0.114. The Kier molecular flexibility index (Phi) is 3.04. The Balaban J connectivity index is 2.65. The number of Topliss-reactive ketones (excluding diaryl/α,β-unsaturated/α-hetero) is 1. The van der Waals surface area contributed by atoms with Gasteiger partial charge in [0.25, 0.3) is 11.7 Å². The molecule has 0 aliphatic carbocycles. The Morgan fingerprint density at radius 1 is 1.41 bits per heavy atom. The minimum atomic E-state index is -0.614. The van der Waals surface area contributed by atoms with E-state index in [0.29, 0.717) is 11.4 Å². The zero-order chi connectivity index (χ0) is 12.6. The maximum Gasteiger partial charge on any atom is 0.299 e. The van der Waals surface area contributed by atoms with Gasteiger partial charge in [-0.15, -0.1) is 0 Å². The molecule has 0 radical (unpaired) electrons. The fraction of sp³-hybridized carbons (Fsp3) is 0.273. The molecule has 2 rings (SSSR count). The molecule has 0 atom stereocenters. The highest BCUT2D eigenvalue weighted by atomic mass is 35.5. The van der Waals surface area contributed by atoms with E-state index in [2.05, 4.69) is 0 Å². The summed E-state index contributed by atoms with van der Waals surface area (Å²) in [5.41, 5.74) is 6.04. The van der Waals surface area contributed by atoms with Gasteiger partial charge in [-0.25, -0.2) is 0 Å². The SMILES string of the molecule is COc1ccc(Cl)c2c1N(CCN)C(=O)C2=O. The molecule has 0 saturated carbocycles. The molecule has 5 nitrogen and oxygen atoms in total. The lowest BCUT2D eigenvalue weighted by Crippen LogP contribution is -2.34. The number of benzene rings is 1. The maximum absolute atomic E-state index is 11.8. The van der Waals surface area contributed by atoms with Gasteiger partial charge in [0.15, 0.2) is 0 Å². The van der Waals surface area contributed by atoms with E-state index in [1.54, 1.807) is 6.07 Å². The number of ether oxygens (including phenoxy) is 1. The van der Waals surface area contributed by atoms with Gasteiger partial charge in [-0.1, -0.05) is 11.6 Å². The first-order chi connectivity index (χ1) is 8.11. The zero-order valence-electron chi connectivity index (χ0n) is 9.20. The molecule has 17 heavy (non-hydrogen) atoms. The van der Waals surface area contributed by atoms with Gasteiger partial charge in [0.05, 0.1) is 23.4 Å². The van der Waals surface area contributed by atoms with Crippen LogP contribution in [0.5, 0.6) is 5.75 Å². The predicted molar refractivity (Wildman–Crippen MR) is 63.7 cm³/mol. The van der Waals surface area contributed by atoms with E-state index < -0.39 is 11.7 Å². The van der Waals surface area contributed by atoms with Crippen molar-refractivity contribution >= 4 is 29.0 Å². The van der Waals surface area contributed by atoms with Gasteiger partial charge >= 0.3 is 0 Å². The number of amides is 1. The van der Waals surface area contributed by atoms with Crippen molar-refractivity contribution in [3.8, 4) is 5.75 Å². The smallest absolute Gasteiger partial charge is 0.299 e. The van der Waals surface area contributed by atoms with Crippen LogP contribution in [0, 0.1) is 0 Å². The highest BCUT2D eigenvalue weighted by Gasteiger charge is 2.39. The lowest BCUT2D eigenvalue weighted by Gasteiger charge is -2.17. The van der Waals surface area contributed by atoms with Crippen molar-refractivity contribution in [2.24, 2.45) is 5.73 Å². The van der Waals surface area contributed by atoms with Crippen LogP contribution in [0.4, 0.5) is 5.69 Å². The van der Waals surface area contributed by atoms with Crippen LogP contribution in [-0.2, 0) is 4.79 Å². The fourth-order valence-electron chi connectivity index (χ4n) is 1.87. The molecule has 2 N–H and O–H groups in total. The van der Waals surface area contributed by atoms with Gasteiger partial charge in [-0.3, -0.25) is 9.59 Å². The van der Waals surface area contributed by atoms with Crippen molar-refractivity contribution in [3.63, 3.8) is 0 Å². The maximum atomic E-state index is 11.8. The molecule has 0 bridgehead atoms. The molecular weight excluding hydrogens is 244 g/mol. The number of rotatable bonds is 3. The number of hydrogen-bond donors (Lipinski definition) is 1. The van der Waals surface area contributed by atoms with Gasteiger partial charge in [-0.2, -0.15) is 0 Å². The first-order valence-electron chi connectivity index (χ1n) is 5.04. The summed E-state index contributed by atoms with van der Waals surface area (Å²) in [6.45, 7) is 0.516. The van der Waals surface area contributed by atoms with E-state index >= 15 is 0 Å². The van der Waals surface area contributed by atoms with Crippen LogP contribution in [0.15, 0.2) is 12.1 Å². The van der Waals surface area contributed by atoms with Crippen molar-refractivity contribution < 1.29 is 14.3 Å². The second kappa shape index (κ2) is 4.35. The van der Waals surface area contributed by atoms with Gasteiger partial charge < -0.3 is 15.4 Å². The summed E-state index contributed by atoms with van der Waals surface area (Å²) >= 11 is 5.94. The Morgan fingerprint density at radius 3 is 2.71 bits per heavy atom. The third-order valence-corrected chi connectivity index (χ3v) is 2.91.